The van der Waals surface area contributed by atoms with Gasteiger partial charge in [0.05, 0.1) is 0 Å². The first-order chi connectivity index (χ1) is 10.2. The average Bonchev–Trinajstić information content (AvgIpc) is 3.23. The third-order valence-corrected chi connectivity index (χ3v) is 3.70. The van der Waals surface area contributed by atoms with Gasteiger partial charge in [-0.3, -0.25) is 0 Å². The van der Waals surface area contributed by atoms with Gasteiger partial charge in [0.2, 0.25) is 0 Å². The molecule has 1 heteroatoms. The van der Waals surface area contributed by atoms with Gasteiger partial charge in [0, 0.05) is 26.2 Å². The van der Waals surface area contributed by atoms with Crippen LogP contribution < -0.4 is 0 Å². The average molecular weight is 372 g/mol. The van der Waals surface area contributed by atoms with Crippen molar-refractivity contribution >= 4 is 0 Å². The third-order valence-electron chi connectivity index (χ3n) is 3.70. The summed E-state index contributed by atoms with van der Waals surface area (Å²) in [6.07, 6.45) is 27.5. The fourth-order valence-electron chi connectivity index (χ4n) is 2.42. The van der Waals surface area contributed by atoms with Crippen LogP contribution in [0.5, 0.6) is 0 Å². The van der Waals surface area contributed by atoms with Crippen LogP contribution in [0.3, 0.4) is 0 Å². The van der Waals surface area contributed by atoms with Crippen LogP contribution in [0.25, 0.3) is 0 Å². The second-order valence-corrected chi connectivity index (χ2v) is 5.66. The molecular weight excluding hydrogens is 343 g/mol. The Kier molecular flexibility index (Phi) is 16.0. The minimum Gasteiger partial charge on any atom is -0.340 e. The van der Waals surface area contributed by atoms with Crippen LogP contribution in [0, 0.1) is 102 Å². The van der Waals surface area contributed by atoms with E-state index in [1.165, 1.54) is 31.6 Å². The predicted molar refractivity (Wildman–Crippen MR) is 92.4 cm³/mol. The van der Waals surface area contributed by atoms with Gasteiger partial charge in [-0.05, 0) is 89.9 Å². The molecule has 0 spiro atoms. The number of hydrogen-bond donors (Lipinski definition) is 0. The van der Waals surface area contributed by atoms with Crippen molar-refractivity contribution in [3.05, 3.63) is 90.4 Å². The van der Waals surface area contributed by atoms with E-state index in [-0.39, 0.29) is 26.2 Å². The van der Waals surface area contributed by atoms with Gasteiger partial charge >= 0.3 is 0 Å². The smallest absolute Gasteiger partial charge is 0 e. The summed E-state index contributed by atoms with van der Waals surface area (Å²) in [7, 11) is 0. The second kappa shape index (κ2) is 15.4. The molecule has 22 heavy (non-hydrogen) atoms. The van der Waals surface area contributed by atoms with Gasteiger partial charge in [-0.1, -0.05) is 32.1 Å². The molecule has 0 N–H and O–H groups in total. The van der Waals surface area contributed by atoms with Crippen molar-refractivity contribution in [1.29, 1.82) is 0 Å². The fraction of sp³-hybridized carbons (Fsp3) is 0.333. The molecule has 117 valence electrons. The van der Waals surface area contributed by atoms with Crippen molar-refractivity contribution in [2.45, 2.75) is 32.6 Å². The first-order valence-electron chi connectivity index (χ1n) is 7.85. The van der Waals surface area contributed by atoms with Crippen LogP contribution in [0.15, 0.2) is 0 Å². The standard InChI is InChI=1S/C11H18.2C5H5.Zr/c1-9(2)7-8-11-6-4-5-10(11)3;2*1-2-4-5-3-1;/h7,10-11H,1,3-6,8H2,2H3;2*1-5H;/q-1;;;/t10-,11+;;;/m0.../s1. The van der Waals surface area contributed by atoms with E-state index in [0.717, 1.165) is 5.92 Å². The van der Waals surface area contributed by atoms with Crippen LogP contribution in [0.4, 0.5) is 0 Å². The summed E-state index contributed by atoms with van der Waals surface area (Å²) in [4.78, 5) is 0. The molecule has 3 aliphatic rings. The molecule has 0 nitrogen and oxygen atoms in total. The maximum absolute atomic E-state index is 4.15. The molecule has 0 heterocycles. The minimum absolute atomic E-state index is 0. The van der Waals surface area contributed by atoms with E-state index in [2.05, 4.69) is 27.2 Å². The van der Waals surface area contributed by atoms with Crippen LogP contribution in [0.1, 0.15) is 32.6 Å². The van der Waals surface area contributed by atoms with E-state index < -0.39 is 0 Å². The van der Waals surface area contributed by atoms with E-state index in [0.29, 0.717) is 5.92 Å². The van der Waals surface area contributed by atoms with E-state index >= 15 is 0 Å². The summed E-state index contributed by atoms with van der Waals surface area (Å²) >= 11 is 0. The normalized spacial score (nSPS) is 26.7. The molecule has 13 radical (unpaired) electrons. The van der Waals surface area contributed by atoms with Crippen molar-refractivity contribution in [2.75, 3.05) is 0 Å². The molecule has 3 fully saturated rings. The van der Waals surface area contributed by atoms with Gasteiger partial charge in [0.25, 0.3) is 0 Å². The Bertz CT molecular complexity index is 191. The predicted octanol–water partition coefficient (Wildman–Crippen LogP) is 5.30. The fourth-order valence-corrected chi connectivity index (χ4v) is 2.42. The van der Waals surface area contributed by atoms with Crippen LogP contribution >= 0.6 is 0 Å². The molecule has 0 aromatic carbocycles. The Morgan fingerprint density at radius 1 is 0.955 bits per heavy atom. The third kappa shape index (κ3) is 12.3. The van der Waals surface area contributed by atoms with Gasteiger partial charge in [0.15, 0.2) is 0 Å². The first kappa shape index (κ1) is 22.9. The molecule has 0 bridgehead atoms. The number of rotatable bonds is 3. The maximum atomic E-state index is 4.15. The van der Waals surface area contributed by atoms with Crippen LogP contribution in [0.2, 0.25) is 0 Å². The quantitative estimate of drug-likeness (QED) is 0.591. The van der Waals surface area contributed by atoms with Gasteiger partial charge in [-0.25, -0.2) is 0 Å². The molecule has 0 saturated heterocycles. The van der Waals surface area contributed by atoms with Gasteiger partial charge in [-0.2, -0.15) is 5.92 Å². The zero-order valence-corrected chi connectivity index (χ0v) is 16.2. The largest absolute Gasteiger partial charge is 0.340 e. The summed E-state index contributed by atoms with van der Waals surface area (Å²) in [5.41, 5.74) is 0. The molecule has 0 amide bonds. The van der Waals surface area contributed by atoms with Crippen molar-refractivity contribution in [2.24, 2.45) is 11.8 Å². The molecule has 3 aliphatic carbocycles. The van der Waals surface area contributed by atoms with E-state index in [9.17, 15) is 0 Å². The number of hydrogen-bond acceptors (Lipinski definition) is 0. The molecule has 0 aromatic rings. The molecular formula is C21H28Zr-. The van der Waals surface area contributed by atoms with Crippen LogP contribution in [-0.2, 0) is 26.2 Å². The Hall–Kier alpha value is 0.883. The molecule has 2 atom stereocenters. The van der Waals surface area contributed by atoms with Gasteiger partial charge in [0.1, 0.15) is 0 Å². The molecule has 0 unspecified atom stereocenters. The molecule has 3 rings (SSSR count). The van der Waals surface area contributed by atoms with Crippen molar-refractivity contribution in [3.63, 3.8) is 0 Å². The van der Waals surface area contributed by atoms with E-state index in [1.807, 2.05) is 64.2 Å². The zero-order chi connectivity index (χ0) is 15.3. The van der Waals surface area contributed by atoms with E-state index in [1.54, 1.807) is 0 Å². The van der Waals surface area contributed by atoms with Crippen molar-refractivity contribution in [3.8, 4) is 0 Å². The summed E-state index contributed by atoms with van der Waals surface area (Å²) in [5.74, 6) is 2.74. The van der Waals surface area contributed by atoms with E-state index in [4.69, 9.17) is 0 Å². The zero-order valence-electron chi connectivity index (χ0n) is 13.7. The van der Waals surface area contributed by atoms with Crippen molar-refractivity contribution < 1.29 is 26.2 Å². The molecule has 0 aromatic heterocycles. The summed E-state index contributed by atoms with van der Waals surface area (Å²) in [6, 6.07) is 0. The molecule has 0 aliphatic heterocycles. The SMILES string of the molecule is [CH2][C](C)[CH]C[C@H]1CCC[C@@H]1[CH2-].[CH]1[CH][CH][CH][CH]1.[CH]1[CH][CH][CH][CH]1.[Zr]. The summed E-state index contributed by atoms with van der Waals surface area (Å²) in [5, 5.41) is 0. The monoisotopic (exact) mass is 370 g/mol. The van der Waals surface area contributed by atoms with Gasteiger partial charge in [-0.15, -0.1) is 0 Å². The summed E-state index contributed by atoms with van der Waals surface area (Å²) < 4.78 is 0. The Morgan fingerprint density at radius 3 is 1.64 bits per heavy atom. The Balaban J connectivity index is 0.000000334. The maximum Gasteiger partial charge on any atom is 0 e. The second-order valence-electron chi connectivity index (χ2n) is 5.66. The first-order valence-corrected chi connectivity index (χ1v) is 7.85. The van der Waals surface area contributed by atoms with Crippen molar-refractivity contribution in [1.82, 2.24) is 0 Å². The minimum atomic E-state index is 0. The Labute approximate surface area is 160 Å². The topological polar surface area (TPSA) is 0 Å². The summed E-state index contributed by atoms with van der Waals surface area (Å²) in [6.45, 7) is 10.1. The Morgan fingerprint density at radius 2 is 1.36 bits per heavy atom. The van der Waals surface area contributed by atoms with Crippen LogP contribution in [-0.4, -0.2) is 0 Å². The molecule has 3 saturated carbocycles. The van der Waals surface area contributed by atoms with Gasteiger partial charge < -0.3 is 6.92 Å².